The van der Waals surface area contributed by atoms with Crippen molar-refractivity contribution in [3.8, 4) is 0 Å². The molecule has 0 radical (unpaired) electrons. The molecule has 7 heteroatoms. The molecule has 0 saturated heterocycles. The third kappa shape index (κ3) is 8.82. The van der Waals surface area contributed by atoms with Crippen molar-refractivity contribution in [2.24, 2.45) is 5.73 Å². The summed E-state index contributed by atoms with van der Waals surface area (Å²) in [6, 6.07) is 0. The van der Waals surface area contributed by atoms with Crippen molar-refractivity contribution >= 4 is 10.2 Å². The SMILES string of the molecule is CC(C)OCCCCNS(=O)(=O)N(C)CCCN. The molecule has 0 aliphatic rings. The zero-order chi connectivity index (χ0) is 14.0. The van der Waals surface area contributed by atoms with Gasteiger partial charge >= 0.3 is 0 Å². The van der Waals surface area contributed by atoms with E-state index in [2.05, 4.69) is 4.72 Å². The first-order chi connectivity index (χ1) is 8.40. The standard InChI is InChI=1S/C11H27N3O3S/c1-11(2)17-10-5-4-8-13-18(15,16)14(3)9-6-7-12/h11,13H,4-10,12H2,1-3H3. The van der Waals surface area contributed by atoms with Crippen LogP contribution in [0.4, 0.5) is 0 Å². The van der Waals surface area contributed by atoms with Crippen LogP contribution >= 0.6 is 0 Å². The summed E-state index contributed by atoms with van der Waals surface area (Å²) in [6.07, 6.45) is 2.52. The van der Waals surface area contributed by atoms with Gasteiger partial charge in [0.15, 0.2) is 0 Å². The van der Waals surface area contributed by atoms with Crippen molar-refractivity contribution < 1.29 is 13.2 Å². The minimum Gasteiger partial charge on any atom is -0.379 e. The van der Waals surface area contributed by atoms with Crippen molar-refractivity contribution in [1.29, 1.82) is 0 Å². The molecule has 0 aliphatic heterocycles. The fourth-order valence-electron chi connectivity index (χ4n) is 1.29. The molecule has 0 heterocycles. The molecule has 0 amide bonds. The smallest absolute Gasteiger partial charge is 0.279 e. The molecule has 0 saturated carbocycles. The van der Waals surface area contributed by atoms with Gasteiger partial charge in [0.2, 0.25) is 0 Å². The summed E-state index contributed by atoms with van der Waals surface area (Å²) in [4.78, 5) is 0. The lowest BCUT2D eigenvalue weighted by Gasteiger charge is -2.17. The number of rotatable bonds is 11. The van der Waals surface area contributed by atoms with Crippen molar-refractivity contribution in [1.82, 2.24) is 9.03 Å². The van der Waals surface area contributed by atoms with Crippen LogP contribution in [-0.4, -0.2) is 52.1 Å². The fraction of sp³-hybridized carbons (Fsp3) is 1.00. The van der Waals surface area contributed by atoms with Crippen molar-refractivity contribution in [3.63, 3.8) is 0 Å². The molecule has 0 aromatic carbocycles. The third-order valence-electron chi connectivity index (χ3n) is 2.39. The first-order valence-corrected chi connectivity index (χ1v) is 7.86. The first-order valence-electron chi connectivity index (χ1n) is 6.42. The summed E-state index contributed by atoms with van der Waals surface area (Å²) in [5, 5.41) is 0. The van der Waals surface area contributed by atoms with Gasteiger partial charge in [-0.2, -0.15) is 12.7 Å². The number of hydrogen-bond acceptors (Lipinski definition) is 4. The molecule has 0 atom stereocenters. The number of ether oxygens (including phenoxy) is 1. The van der Waals surface area contributed by atoms with Crippen molar-refractivity contribution in [3.05, 3.63) is 0 Å². The maximum absolute atomic E-state index is 11.7. The highest BCUT2D eigenvalue weighted by molar-refractivity contribution is 7.87. The van der Waals surface area contributed by atoms with Gasteiger partial charge in [-0.15, -0.1) is 0 Å². The third-order valence-corrected chi connectivity index (χ3v) is 3.97. The van der Waals surface area contributed by atoms with Crippen LogP contribution in [0.2, 0.25) is 0 Å². The molecule has 0 spiro atoms. The van der Waals surface area contributed by atoms with Crippen molar-refractivity contribution in [2.75, 3.05) is 33.3 Å². The Kier molecular flexibility index (Phi) is 9.57. The van der Waals surface area contributed by atoms with E-state index in [9.17, 15) is 8.42 Å². The normalized spacial score (nSPS) is 12.6. The average molecular weight is 281 g/mol. The van der Waals surface area contributed by atoms with E-state index in [-0.39, 0.29) is 6.10 Å². The Morgan fingerprint density at radius 2 is 1.94 bits per heavy atom. The Hall–Kier alpha value is -0.210. The molecule has 0 rings (SSSR count). The second kappa shape index (κ2) is 9.69. The van der Waals surface area contributed by atoms with Crippen LogP contribution in [0.15, 0.2) is 0 Å². The molecule has 3 N–H and O–H groups in total. The Morgan fingerprint density at radius 3 is 2.50 bits per heavy atom. The molecule has 0 aliphatic carbocycles. The Labute approximate surface area is 111 Å². The van der Waals surface area contributed by atoms with E-state index in [0.717, 1.165) is 12.8 Å². The number of nitrogens with one attached hydrogen (secondary N) is 1. The molecule has 18 heavy (non-hydrogen) atoms. The van der Waals surface area contributed by atoms with Gasteiger partial charge in [-0.25, -0.2) is 4.72 Å². The predicted molar refractivity (Wildman–Crippen MR) is 73.5 cm³/mol. The van der Waals surface area contributed by atoms with Crippen LogP contribution in [0.25, 0.3) is 0 Å². The van der Waals surface area contributed by atoms with Crippen LogP contribution < -0.4 is 10.5 Å². The van der Waals surface area contributed by atoms with Gasteiger partial charge in [0.05, 0.1) is 6.10 Å². The van der Waals surface area contributed by atoms with E-state index in [4.69, 9.17) is 10.5 Å². The highest BCUT2D eigenvalue weighted by Crippen LogP contribution is 1.97. The number of unbranched alkanes of at least 4 members (excludes halogenated alkanes) is 1. The fourth-order valence-corrected chi connectivity index (χ4v) is 2.28. The predicted octanol–water partition coefficient (Wildman–Crippen LogP) is 0.307. The molecule has 0 aromatic heterocycles. The maximum Gasteiger partial charge on any atom is 0.279 e. The maximum atomic E-state index is 11.7. The summed E-state index contributed by atoms with van der Waals surface area (Å²) in [5.41, 5.74) is 5.34. The number of nitrogens with two attached hydrogens (primary N) is 1. The second-order valence-corrected chi connectivity index (χ2v) is 6.35. The molecular formula is C11H27N3O3S. The van der Waals surface area contributed by atoms with E-state index < -0.39 is 10.2 Å². The lowest BCUT2D eigenvalue weighted by Crippen LogP contribution is -2.39. The van der Waals surface area contributed by atoms with Crippen LogP contribution in [0, 0.1) is 0 Å². The summed E-state index contributed by atoms with van der Waals surface area (Å²) in [5.74, 6) is 0. The van der Waals surface area contributed by atoms with Crippen LogP contribution in [0.3, 0.4) is 0 Å². The summed E-state index contributed by atoms with van der Waals surface area (Å²) >= 11 is 0. The van der Waals surface area contributed by atoms with Gasteiger partial charge in [0.25, 0.3) is 10.2 Å². The van der Waals surface area contributed by atoms with Gasteiger partial charge in [-0.05, 0) is 39.7 Å². The number of nitrogens with zero attached hydrogens (tertiary/aromatic N) is 1. The molecule has 0 unspecified atom stereocenters. The van der Waals surface area contributed by atoms with Gasteiger partial charge in [-0.3, -0.25) is 0 Å². The molecule has 6 nitrogen and oxygen atoms in total. The molecule has 110 valence electrons. The Bertz CT molecular complexity index is 294. The quantitative estimate of drug-likeness (QED) is 0.534. The first kappa shape index (κ1) is 17.8. The zero-order valence-corrected chi connectivity index (χ0v) is 12.5. The Balaban J connectivity index is 3.70. The van der Waals surface area contributed by atoms with E-state index in [1.54, 1.807) is 7.05 Å². The van der Waals surface area contributed by atoms with Crippen LogP contribution in [0.1, 0.15) is 33.1 Å². The summed E-state index contributed by atoms with van der Waals surface area (Å²) in [7, 11) is -1.79. The highest BCUT2D eigenvalue weighted by Gasteiger charge is 2.15. The average Bonchev–Trinajstić information content (AvgIpc) is 2.30. The monoisotopic (exact) mass is 281 g/mol. The van der Waals surface area contributed by atoms with Gasteiger partial charge in [0.1, 0.15) is 0 Å². The van der Waals surface area contributed by atoms with E-state index in [1.807, 2.05) is 13.8 Å². The van der Waals surface area contributed by atoms with Gasteiger partial charge in [-0.1, -0.05) is 0 Å². The molecular weight excluding hydrogens is 254 g/mol. The molecule has 0 bridgehead atoms. The summed E-state index contributed by atoms with van der Waals surface area (Å²) < 4.78 is 32.7. The topological polar surface area (TPSA) is 84.7 Å². The zero-order valence-electron chi connectivity index (χ0n) is 11.7. The van der Waals surface area contributed by atoms with Crippen LogP contribution in [0.5, 0.6) is 0 Å². The highest BCUT2D eigenvalue weighted by atomic mass is 32.2. The van der Waals surface area contributed by atoms with Gasteiger partial charge < -0.3 is 10.5 Å². The summed E-state index contributed by atoms with van der Waals surface area (Å²) in [6.45, 7) is 6.01. The number of hydrogen-bond donors (Lipinski definition) is 2. The van der Waals surface area contributed by atoms with E-state index in [0.29, 0.717) is 32.7 Å². The minimum absolute atomic E-state index is 0.226. The lowest BCUT2D eigenvalue weighted by atomic mass is 10.3. The van der Waals surface area contributed by atoms with Crippen LogP contribution in [-0.2, 0) is 14.9 Å². The lowest BCUT2D eigenvalue weighted by molar-refractivity contribution is 0.0762. The molecule has 0 aromatic rings. The van der Waals surface area contributed by atoms with Crippen molar-refractivity contribution in [2.45, 2.75) is 39.2 Å². The molecule has 0 fully saturated rings. The van der Waals surface area contributed by atoms with Gasteiger partial charge in [0, 0.05) is 26.7 Å². The van der Waals surface area contributed by atoms with E-state index >= 15 is 0 Å². The second-order valence-electron chi connectivity index (χ2n) is 4.49. The Morgan fingerprint density at radius 1 is 1.28 bits per heavy atom. The largest absolute Gasteiger partial charge is 0.379 e. The minimum atomic E-state index is -3.35. The van der Waals surface area contributed by atoms with E-state index in [1.165, 1.54) is 4.31 Å².